The lowest BCUT2D eigenvalue weighted by Crippen LogP contribution is -2.15. The van der Waals surface area contributed by atoms with Gasteiger partial charge < -0.3 is 0 Å². The first-order chi connectivity index (χ1) is 7.49. The van der Waals surface area contributed by atoms with E-state index >= 15 is 0 Å². The molecule has 0 radical (unpaired) electrons. The average Bonchev–Trinajstić information content (AvgIpc) is 2.44. The molecule has 2 aromatic rings. The standard InChI is InChI=1S/C10H7Cl3N2O/c1-5-9(13)14-15(10(5)16)8-3-6(11)2-7(12)4-8/h2-4,14H,1H3. The minimum Gasteiger partial charge on any atom is -0.280 e. The molecule has 0 atom stereocenters. The van der Waals surface area contributed by atoms with Crippen LogP contribution in [0.3, 0.4) is 0 Å². The zero-order valence-electron chi connectivity index (χ0n) is 8.22. The zero-order valence-corrected chi connectivity index (χ0v) is 10.5. The second-order valence-corrected chi connectivity index (χ2v) is 4.57. The highest BCUT2D eigenvalue weighted by Crippen LogP contribution is 2.21. The maximum Gasteiger partial charge on any atom is 0.275 e. The van der Waals surface area contributed by atoms with Crippen LogP contribution in [0.5, 0.6) is 0 Å². The molecule has 6 heteroatoms. The molecule has 1 heterocycles. The Bertz CT molecular complexity index is 580. The number of hydrogen-bond acceptors (Lipinski definition) is 1. The third-order valence-electron chi connectivity index (χ3n) is 2.17. The molecule has 0 saturated heterocycles. The average molecular weight is 278 g/mol. The highest BCUT2D eigenvalue weighted by molar-refractivity contribution is 6.34. The predicted octanol–water partition coefficient (Wildman–Crippen LogP) is 3.43. The fourth-order valence-corrected chi connectivity index (χ4v) is 2.02. The Balaban J connectivity index is 2.67. The summed E-state index contributed by atoms with van der Waals surface area (Å²) in [6.45, 7) is 1.64. The number of aromatic amines is 1. The Morgan fingerprint density at radius 3 is 2.12 bits per heavy atom. The molecule has 1 N–H and O–H groups in total. The molecule has 0 amide bonds. The lowest BCUT2D eigenvalue weighted by molar-refractivity contribution is 0.848. The highest BCUT2D eigenvalue weighted by atomic mass is 35.5. The van der Waals surface area contributed by atoms with E-state index in [2.05, 4.69) is 5.10 Å². The first kappa shape index (κ1) is 11.6. The van der Waals surface area contributed by atoms with Crippen LogP contribution in [0.25, 0.3) is 5.69 Å². The number of hydrogen-bond donors (Lipinski definition) is 1. The maximum absolute atomic E-state index is 11.8. The molecular weight excluding hydrogens is 270 g/mol. The van der Waals surface area contributed by atoms with Crippen molar-refractivity contribution >= 4 is 34.8 Å². The number of H-pyrrole nitrogens is 1. The Hall–Kier alpha value is -0.900. The molecule has 0 saturated carbocycles. The van der Waals surface area contributed by atoms with E-state index in [1.54, 1.807) is 25.1 Å². The van der Waals surface area contributed by atoms with Crippen LogP contribution in [-0.4, -0.2) is 9.78 Å². The summed E-state index contributed by atoms with van der Waals surface area (Å²) in [7, 11) is 0. The van der Waals surface area contributed by atoms with Gasteiger partial charge in [0, 0.05) is 10.0 Å². The van der Waals surface area contributed by atoms with E-state index in [1.165, 1.54) is 4.68 Å². The van der Waals surface area contributed by atoms with Gasteiger partial charge in [0.1, 0.15) is 5.15 Å². The number of nitrogens with zero attached hydrogens (tertiary/aromatic N) is 1. The molecule has 1 aromatic carbocycles. The van der Waals surface area contributed by atoms with Gasteiger partial charge in [-0.15, -0.1) is 0 Å². The van der Waals surface area contributed by atoms with Crippen molar-refractivity contribution in [3.63, 3.8) is 0 Å². The summed E-state index contributed by atoms with van der Waals surface area (Å²) < 4.78 is 1.30. The van der Waals surface area contributed by atoms with Gasteiger partial charge in [-0.25, -0.2) is 4.68 Å². The van der Waals surface area contributed by atoms with Crippen LogP contribution in [0.15, 0.2) is 23.0 Å². The molecule has 3 nitrogen and oxygen atoms in total. The smallest absolute Gasteiger partial charge is 0.275 e. The van der Waals surface area contributed by atoms with Crippen molar-refractivity contribution < 1.29 is 0 Å². The van der Waals surface area contributed by atoms with E-state index in [0.29, 0.717) is 26.4 Å². The molecule has 16 heavy (non-hydrogen) atoms. The molecule has 0 fully saturated rings. The Labute approximate surface area is 107 Å². The van der Waals surface area contributed by atoms with Crippen molar-refractivity contribution in [1.29, 1.82) is 0 Å². The third kappa shape index (κ3) is 1.98. The van der Waals surface area contributed by atoms with E-state index < -0.39 is 0 Å². The zero-order chi connectivity index (χ0) is 11.9. The number of rotatable bonds is 1. The van der Waals surface area contributed by atoms with Crippen LogP contribution in [-0.2, 0) is 0 Å². The molecule has 84 valence electrons. The van der Waals surface area contributed by atoms with Gasteiger partial charge in [-0.05, 0) is 25.1 Å². The maximum atomic E-state index is 11.8. The molecule has 2 rings (SSSR count). The molecular formula is C10H7Cl3N2O. The lowest BCUT2D eigenvalue weighted by atomic mass is 10.3. The fraction of sp³-hybridized carbons (Fsp3) is 0.100. The number of aromatic nitrogens is 2. The number of halogens is 3. The van der Waals surface area contributed by atoms with E-state index in [-0.39, 0.29) is 5.56 Å². The van der Waals surface area contributed by atoms with Gasteiger partial charge >= 0.3 is 0 Å². The molecule has 0 spiro atoms. The van der Waals surface area contributed by atoms with Crippen molar-refractivity contribution in [2.45, 2.75) is 6.92 Å². The van der Waals surface area contributed by atoms with E-state index in [1.807, 2.05) is 0 Å². The van der Waals surface area contributed by atoms with Crippen molar-refractivity contribution in [2.24, 2.45) is 0 Å². The van der Waals surface area contributed by atoms with Crippen molar-refractivity contribution in [1.82, 2.24) is 9.78 Å². The van der Waals surface area contributed by atoms with Gasteiger partial charge in [0.25, 0.3) is 5.56 Å². The van der Waals surface area contributed by atoms with Gasteiger partial charge in [-0.1, -0.05) is 34.8 Å². The Morgan fingerprint density at radius 1 is 1.12 bits per heavy atom. The molecule has 0 aliphatic heterocycles. The van der Waals surface area contributed by atoms with Crippen LogP contribution < -0.4 is 5.56 Å². The van der Waals surface area contributed by atoms with Gasteiger partial charge in [0.2, 0.25) is 0 Å². The largest absolute Gasteiger partial charge is 0.280 e. The Kier molecular flexibility index (Phi) is 3.02. The number of nitrogens with one attached hydrogen (secondary N) is 1. The molecule has 1 aromatic heterocycles. The highest BCUT2D eigenvalue weighted by Gasteiger charge is 2.10. The molecule has 0 bridgehead atoms. The first-order valence-corrected chi connectivity index (χ1v) is 5.56. The molecule has 0 unspecified atom stereocenters. The van der Waals surface area contributed by atoms with Gasteiger partial charge in [0.15, 0.2) is 0 Å². The van der Waals surface area contributed by atoms with Gasteiger partial charge in [-0.2, -0.15) is 0 Å². The van der Waals surface area contributed by atoms with Crippen LogP contribution in [0.1, 0.15) is 5.56 Å². The van der Waals surface area contributed by atoms with Crippen LogP contribution in [0, 0.1) is 6.92 Å². The van der Waals surface area contributed by atoms with E-state index in [0.717, 1.165) is 0 Å². The minimum atomic E-state index is -0.219. The van der Waals surface area contributed by atoms with Crippen molar-refractivity contribution in [2.75, 3.05) is 0 Å². The topological polar surface area (TPSA) is 37.8 Å². The summed E-state index contributed by atoms with van der Waals surface area (Å²) in [6.07, 6.45) is 0. The number of benzene rings is 1. The first-order valence-electron chi connectivity index (χ1n) is 4.42. The fourth-order valence-electron chi connectivity index (χ4n) is 1.34. The normalized spacial score (nSPS) is 10.8. The SMILES string of the molecule is Cc1c(Cl)[nH]n(-c2cc(Cl)cc(Cl)c2)c1=O. The van der Waals surface area contributed by atoms with Gasteiger partial charge in [-0.3, -0.25) is 9.89 Å². The summed E-state index contributed by atoms with van der Waals surface area (Å²) in [6, 6.07) is 4.84. The lowest BCUT2D eigenvalue weighted by Gasteiger charge is -2.02. The minimum absolute atomic E-state index is 0.219. The monoisotopic (exact) mass is 276 g/mol. The van der Waals surface area contributed by atoms with Crippen LogP contribution in [0.4, 0.5) is 0 Å². The molecule has 0 aliphatic rings. The summed E-state index contributed by atoms with van der Waals surface area (Å²) in [5.41, 5.74) is 0.790. The summed E-state index contributed by atoms with van der Waals surface area (Å²) >= 11 is 17.5. The summed E-state index contributed by atoms with van der Waals surface area (Å²) in [5, 5.41) is 3.95. The van der Waals surface area contributed by atoms with E-state index in [4.69, 9.17) is 34.8 Å². The third-order valence-corrected chi connectivity index (χ3v) is 2.97. The van der Waals surface area contributed by atoms with Crippen LogP contribution >= 0.6 is 34.8 Å². The van der Waals surface area contributed by atoms with Crippen LogP contribution in [0.2, 0.25) is 15.2 Å². The van der Waals surface area contributed by atoms with Gasteiger partial charge in [0.05, 0.1) is 11.3 Å². The van der Waals surface area contributed by atoms with Crippen molar-refractivity contribution in [3.8, 4) is 5.69 Å². The predicted molar refractivity (Wildman–Crippen MR) is 66.2 cm³/mol. The van der Waals surface area contributed by atoms with Crippen molar-refractivity contribution in [3.05, 3.63) is 49.3 Å². The molecule has 0 aliphatic carbocycles. The quantitative estimate of drug-likeness (QED) is 0.852. The Morgan fingerprint density at radius 2 is 1.69 bits per heavy atom. The second-order valence-electron chi connectivity index (χ2n) is 3.32. The summed E-state index contributed by atoms with van der Waals surface area (Å²) in [5.74, 6) is 0. The summed E-state index contributed by atoms with van der Waals surface area (Å²) in [4.78, 5) is 11.8. The van der Waals surface area contributed by atoms with E-state index in [9.17, 15) is 4.79 Å². The second kappa shape index (κ2) is 4.17.